The lowest BCUT2D eigenvalue weighted by Crippen LogP contribution is -2.08. The Labute approximate surface area is 260 Å². The summed E-state index contributed by atoms with van der Waals surface area (Å²) in [7, 11) is 0. The maximum Gasteiger partial charge on any atom is 0.284 e. The molecule has 0 unspecified atom stereocenters. The molecule has 0 atom stereocenters. The molecule has 0 radical (unpaired) electrons. The maximum atomic E-state index is 6.52. The van der Waals surface area contributed by atoms with Crippen molar-refractivity contribution in [1.82, 2.24) is 9.97 Å². The molecule has 0 spiro atoms. The molecular formula is C36H36N2O6. The van der Waals surface area contributed by atoms with E-state index >= 15 is 0 Å². The quantitative estimate of drug-likeness (QED) is 0.150. The van der Waals surface area contributed by atoms with Gasteiger partial charge in [-0.1, -0.05) is 59.1 Å². The second-order valence-electron chi connectivity index (χ2n) is 9.82. The first-order valence-corrected chi connectivity index (χ1v) is 13.8. The number of aryl methyl sites for hydroxylation is 4. The first kappa shape index (κ1) is 33.7. The molecule has 0 saturated heterocycles. The van der Waals surface area contributed by atoms with Gasteiger partial charge in [0.15, 0.2) is 0 Å². The molecule has 1 aromatic heterocycles. The minimum atomic E-state index is 0.136. The summed E-state index contributed by atoms with van der Waals surface area (Å²) in [6.07, 6.45) is 21.6. The highest BCUT2D eigenvalue weighted by molar-refractivity contribution is 5.50. The molecule has 2 aromatic carbocycles. The van der Waals surface area contributed by atoms with E-state index in [1.807, 2.05) is 52.0 Å². The van der Waals surface area contributed by atoms with E-state index in [0.29, 0.717) is 22.9 Å². The van der Waals surface area contributed by atoms with Gasteiger partial charge in [-0.3, -0.25) is 0 Å². The van der Waals surface area contributed by atoms with E-state index in [0.717, 1.165) is 33.4 Å². The average molecular weight is 593 g/mol. The monoisotopic (exact) mass is 592 g/mol. The van der Waals surface area contributed by atoms with Crippen LogP contribution < -0.4 is 9.47 Å². The summed E-state index contributed by atoms with van der Waals surface area (Å²) < 4.78 is 35.7. The van der Waals surface area contributed by atoms with Crippen LogP contribution in [-0.2, 0) is 45.4 Å². The number of rotatable bonds is 16. The lowest BCUT2D eigenvalue weighted by molar-refractivity contribution is 0.144. The van der Waals surface area contributed by atoms with Crippen molar-refractivity contribution >= 4 is 0 Å². The minimum absolute atomic E-state index is 0.136. The summed E-state index contributed by atoms with van der Waals surface area (Å²) in [6.45, 7) is 8.94. The Morgan fingerprint density at radius 3 is 1.02 bits per heavy atom. The van der Waals surface area contributed by atoms with Crippen molar-refractivity contribution in [3.05, 3.63) is 69.0 Å². The van der Waals surface area contributed by atoms with Crippen LogP contribution in [0.1, 0.15) is 44.8 Å². The third kappa shape index (κ3) is 9.62. The lowest BCUT2D eigenvalue weighted by Gasteiger charge is -2.20. The number of terminal acetylenes is 4. The van der Waals surface area contributed by atoms with E-state index in [9.17, 15) is 0 Å². The van der Waals surface area contributed by atoms with Crippen LogP contribution in [-0.4, -0.2) is 36.4 Å². The van der Waals surface area contributed by atoms with Crippen molar-refractivity contribution < 1.29 is 28.4 Å². The summed E-state index contributed by atoms with van der Waals surface area (Å²) in [6, 6.07) is 7.81. The Morgan fingerprint density at radius 1 is 0.500 bits per heavy atom. The van der Waals surface area contributed by atoms with E-state index in [1.165, 1.54) is 0 Å². The van der Waals surface area contributed by atoms with Gasteiger partial charge in [-0.2, -0.15) is 0 Å². The standard InChI is InChI=1S/C36H36N2O6/c1-9-13-39-21-29-17-25(5)18-30(22-40-14-10-2)33(29)43-35-36(38-28(8)27(7)37-35)44-34-31(23-41-15-11-3)19-26(6)20-32(34)24-42-16-12-4/h1-4,17-20H,13-16,21-24H2,5-8H3. The minimum Gasteiger partial charge on any atom is -0.434 e. The van der Waals surface area contributed by atoms with Crippen LogP contribution >= 0.6 is 0 Å². The summed E-state index contributed by atoms with van der Waals surface area (Å²) in [5.74, 6) is 11.2. The van der Waals surface area contributed by atoms with Gasteiger partial charge in [0.2, 0.25) is 0 Å². The number of hydrogen-bond acceptors (Lipinski definition) is 8. The van der Waals surface area contributed by atoms with Gasteiger partial charge >= 0.3 is 0 Å². The lowest BCUT2D eigenvalue weighted by atomic mass is 10.1. The Bertz CT molecular complexity index is 1420. The summed E-state index contributed by atoms with van der Waals surface area (Å²) in [4.78, 5) is 9.44. The van der Waals surface area contributed by atoms with Gasteiger partial charge in [0.05, 0.1) is 37.8 Å². The zero-order chi connectivity index (χ0) is 31.9. The molecule has 226 valence electrons. The average Bonchev–Trinajstić information content (AvgIpc) is 2.98. The Balaban J connectivity index is 2.14. The van der Waals surface area contributed by atoms with Crippen LogP contribution in [0.25, 0.3) is 0 Å². The SMILES string of the molecule is C#CCOCc1cc(C)cc(COCC#C)c1Oc1nc(C)c(C)nc1Oc1c(COCC#C)cc(C)cc1COCC#C. The fourth-order valence-electron chi connectivity index (χ4n) is 4.32. The van der Waals surface area contributed by atoms with E-state index in [-0.39, 0.29) is 64.6 Å². The van der Waals surface area contributed by atoms with Crippen LogP contribution in [0.15, 0.2) is 24.3 Å². The van der Waals surface area contributed by atoms with Crippen molar-refractivity contribution in [2.75, 3.05) is 26.4 Å². The summed E-state index contributed by atoms with van der Waals surface area (Å²) in [5, 5.41) is 0. The van der Waals surface area contributed by atoms with Crippen LogP contribution in [0.5, 0.6) is 23.3 Å². The number of aromatic nitrogens is 2. The predicted molar refractivity (Wildman–Crippen MR) is 168 cm³/mol. The fourth-order valence-corrected chi connectivity index (χ4v) is 4.32. The molecule has 0 bridgehead atoms. The first-order valence-electron chi connectivity index (χ1n) is 13.8. The van der Waals surface area contributed by atoms with Crippen molar-refractivity contribution in [2.24, 2.45) is 0 Å². The van der Waals surface area contributed by atoms with Gasteiger partial charge in [0, 0.05) is 22.3 Å². The zero-order valence-corrected chi connectivity index (χ0v) is 25.6. The largest absolute Gasteiger partial charge is 0.434 e. The molecule has 0 saturated carbocycles. The van der Waals surface area contributed by atoms with Crippen molar-refractivity contribution in [3.8, 4) is 72.6 Å². The van der Waals surface area contributed by atoms with E-state index in [1.54, 1.807) is 0 Å². The molecule has 8 nitrogen and oxygen atoms in total. The van der Waals surface area contributed by atoms with Crippen molar-refractivity contribution in [3.63, 3.8) is 0 Å². The third-order valence-electron chi connectivity index (χ3n) is 6.19. The second kappa shape index (κ2) is 17.3. The van der Waals surface area contributed by atoms with Crippen molar-refractivity contribution in [2.45, 2.75) is 54.1 Å². The fraction of sp³-hybridized carbons (Fsp3) is 0.333. The highest BCUT2D eigenvalue weighted by atomic mass is 16.5. The summed E-state index contributed by atoms with van der Waals surface area (Å²) in [5.41, 5.74) is 6.25. The molecule has 8 heteroatoms. The molecule has 0 aliphatic heterocycles. The molecule has 0 N–H and O–H groups in total. The highest BCUT2D eigenvalue weighted by Crippen LogP contribution is 2.39. The molecule has 0 fully saturated rings. The Kier molecular flexibility index (Phi) is 13.3. The molecule has 44 heavy (non-hydrogen) atoms. The molecule has 0 aliphatic carbocycles. The maximum absolute atomic E-state index is 6.52. The van der Waals surface area contributed by atoms with Crippen LogP contribution in [0.4, 0.5) is 0 Å². The number of nitrogens with zero attached hydrogens (tertiary/aromatic N) is 2. The summed E-state index contributed by atoms with van der Waals surface area (Å²) >= 11 is 0. The van der Waals surface area contributed by atoms with Gasteiger partial charge < -0.3 is 28.4 Å². The van der Waals surface area contributed by atoms with Gasteiger partial charge in [-0.15, -0.1) is 25.7 Å². The number of ether oxygens (including phenoxy) is 6. The zero-order valence-electron chi connectivity index (χ0n) is 25.6. The van der Waals surface area contributed by atoms with Gasteiger partial charge in [0.25, 0.3) is 11.8 Å². The predicted octanol–water partition coefficient (Wildman–Crippen LogP) is 5.89. The van der Waals surface area contributed by atoms with Gasteiger partial charge in [-0.05, 0) is 27.7 Å². The third-order valence-corrected chi connectivity index (χ3v) is 6.19. The molecule has 3 aromatic rings. The number of hydrogen-bond donors (Lipinski definition) is 0. The first-order chi connectivity index (χ1) is 21.3. The number of benzene rings is 2. The van der Waals surface area contributed by atoms with Crippen LogP contribution in [0, 0.1) is 77.1 Å². The van der Waals surface area contributed by atoms with E-state index in [4.69, 9.17) is 64.1 Å². The molecule has 0 aliphatic rings. The Morgan fingerprint density at radius 2 is 0.773 bits per heavy atom. The second-order valence-corrected chi connectivity index (χ2v) is 9.82. The molecule has 0 amide bonds. The van der Waals surface area contributed by atoms with Gasteiger partial charge in [-0.25, -0.2) is 9.97 Å². The molecule has 3 rings (SSSR count). The van der Waals surface area contributed by atoms with E-state index < -0.39 is 0 Å². The van der Waals surface area contributed by atoms with Crippen LogP contribution in [0.3, 0.4) is 0 Å². The molecule has 1 heterocycles. The van der Waals surface area contributed by atoms with E-state index in [2.05, 4.69) is 23.7 Å². The van der Waals surface area contributed by atoms with Gasteiger partial charge in [0.1, 0.15) is 37.9 Å². The topological polar surface area (TPSA) is 81.2 Å². The molecular weight excluding hydrogens is 556 g/mol. The van der Waals surface area contributed by atoms with Crippen molar-refractivity contribution in [1.29, 1.82) is 0 Å². The van der Waals surface area contributed by atoms with Crippen LogP contribution in [0.2, 0.25) is 0 Å². The Hall–Kier alpha value is -4.80. The highest BCUT2D eigenvalue weighted by Gasteiger charge is 2.22. The smallest absolute Gasteiger partial charge is 0.284 e. The normalized spacial score (nSPS) is 10.4.